The second-order valence-electron chi connectivity index (χ2n) is 6.53. The minimum atomic E-state index is 0.146. The van der Waals surface area contributed by atoms with Crippen molar-refractivity contribution in [3.8, 4) is 5.75 Å². The lowest BCUT2D eigenvalue weighted by Crippen LogP contribution is -2.27. The Hall–Kier alpha value is -1.02. The van der Waals surface area contributed by atoms with Crippen LogP contribution in [-0.4, -0.2) is 18.7 Å². The Morgan fingerprint density at radius 2 is 1.95 bits per heavy atom. The predicted octanol–water partition coefficient (Wildman–Crippen LogP) is 3.89. The van der Waals surface area contributed by atoms with Gasteiger partial charge in [-0.25, -0.2) is 0 Å². The topological polar surface area (TPSA) is 21.3 Å². The summed E-state index contributed by atoms with van der Waals surface area (Å²) in [6.07, 6.45) is 4.07. The number of para-hydroxylation sites is 1. The number of nitrogens with one attached hydrogen (secondary N) is 1. The fourth-order valence-corrected chi connectivity index (χ4v) is 2.39. The van der Waals surface area contributed by atoms with Crippen molar-refractivity contribution in [1.29, 1.82) is 0 Å². The first-order chi connectivity index (χ1) is 8.99. The summed E-state index contributed by atoms with van der Waals surface area (Å²) in [4.78, 5) is 0. The summed E-state index contributed by atoms with van der Waals surface area (Å²) in [5.41, 5.74) is 1.47. The van der Waals surface area contributed by atoms with E-state index < -0.39 is 0 Å². The molecule has 1 N–H and O–H groups in total. The predicted molar refractivity (Wildman–Crippen MR) is 80.9 cm³/mol. The summed E-state index contributed by atoms with van der Waals surface area (Å²) >= 11 is 0. The van der Waals surface area contributed by atoms with Crippen LogP contribution in [0, 0.1) is 0 Å². The summed E-state index contributed by atoms with van der Waals surface area (Å²) in [6.45, 7) is 9.87. The largest absolute Gasteiger partial charge is 0.491 e. The highest BCUT2D eigenvalue weighted by atomic mass is 16.5. The maximum absolute atomic E-state index is 5.95. The highest BCUT2D eigenvalue weighted by molar-refractivity contribution is 5.39. The Morgan fingerprint density at radius 1 is 1.26 bits per heavy atom. The third-order valence-corrected chi connectivity index (χ3v) is 3.74. The summed E-state index contributed by atoms with van der Waals surface area (Å²) in [5, 5.41) is 3.60. The summed E-state index contributed by atoms with van der Waals surface area (Å²) in [7, 11) is 0. The van der Waals surface area contributed by atoms with Gasteiger partial charge in [0.05, 0.1) is 6.10 Å². The van der Waals surface area contributed by atoms with E-state index in [9.17, 15) is 0 Å². The van der Waals surface area contributed by atoms with Crippen molar-refractivity contribution in [3.63, 3.8) is 0 Å². The number of hydrogen-bond donors (Lipinski definition) is 1. The maximum atomic E-state index is 5.95. The van der Waals surface area contributed by atoms with Crippen molar-refractivity contribution in [1.82, 2.24) is 5.32 Å². The molecular formula is C17H27NO. The number of ether oxygens (including phenoxy) is 1. The van der Waals surface area contributed by atoms with Crippen LogP contribution in [0.2, 0.25) is 0 Å². The maximum Gasteiger partial charge on any atom is 0.123 e. The molecule has 2 heteroatoms. The molecule has 106 valence electrons. The minimum absolute atomic E-state index is 0.146. The molecule has 0 radical (unpaired) electrons. The second-order valence-corrected chi connectivity index (χ2v) is 6.53. The first-order valence-electron chi connectivity index (χ1n) is 7.48. The van der Waals surface area contributed by atoms with E-state index in [1.165, 1.54) is 18.4 Å². The van der Waals surface area contributed by atoms with E-state index in [2.05, 4.69) is 57.3 Å². The number of rotatable bonds is 7. The zero-order valence-electron chi connectivity index (χ0n) is 12.7. The molecule has 0 heterocycles. The summed E-state index contributed by atoms with van der Waals surface area (Å²) in [5.74, 6) is 1.04. The molecule has 0 aromatic heterocycles. The first kappa shape index (κ1) is 14.4. The molecule has 19 heavy (non-hydrogen) atoms. The molecule has 2 nitrogen and oxygen atoms in total. The molecular weight excluding hydrogens is 234 g/mol. The smallest absolute Gasteiger partial charge is 0.123 e. The Kier molecular flexibility index (Phi) is 4.51. The van der Waals surface area contributed by atoms with Gasteiger partial charge in [-0.1, -0.05) is 32.0 Å². The molecule has 1 aliphatic carbocycles. The van der Waals surface area contributed by atoms with Crippen LogP contribution in [0.1, 0.15) is 52.5 Å². The molecule has 1 aliphatic rings. The van der Waals surface area contributed by atoms with E-state index in [0.717, 1.165) is 24.8 Å². The van der Waals surface area contributed by atoms with Gasteiger partial charge in [-0.15, -0.1) is 0 Å². The molecule has 1 saturated carbocycles. The zero-order chi connectivity index (χ0) is 13.9. The Morgan fingerprint density at radius 3 is 2.58 bits per heavy atom. The molecule has 1 fully saturated rings. The van der Waals surface area contributed by atoms with Crippen molar-refractivity contribution < 1.29 is 4.74 Å². The monoisotopic (exact) mass is 261 g/mol. The molecule has 1 aromatic rings. The molecule has 2 rings (SSSR count). The van der Waals surface area contributed by atoms with Gasteiger partial charge in [-0.05, 0) is 56.7 Å². The van der Waals surface area contributed by atoms with Crippen LogP contribution in [0.25, 0.3) is 0 Å². The van der Waals surface area contributed by atoms with Gasteiger partial charge in [0.2, 0.25) is 0 Å². The Labute approximate surface area is 117 Å². The molecule has 0 saturated heterocycles. The molecule has 0 aliphatic heterocycles. The molecule has 1 aromatic carbocycles. The van der Waals surface area contributed by atoms with E-state index in [-0.39, 0.29) is 11.5 Å². The van der Waals surface area contributed by atoms with Crippen LogP contribution >= 0.6 is 0 Å². The molecule has 0 unspecified atom stereocenters. The minimum Gasteiger partial charge on any atom is -0.491 e. The van der Waals surface area contributed by atoms with E-state index in [1.807, 2.05) is 0 Å². The van der Waals surface area contributed by atoms with Crippen LogP contribution in [0.4, 0.5) is 0 Å². The van der Waals surface area contributed by atoms with Crippen LogP contribution in [0.3, 0.4) is 0 Å². The van der Waals surface area contributed by atoms with Gasteiger partial charge in [0.15, 0.2) is 0 Å². The standard InChI is InChI=1S/C17H27NO/c1-13(2)19-16-8-6-5-7-15(16)17(3,4)11-12-18-14-9-10-14/h5-8,13-14,18H,9-12H2,1-4H3. The molecule has 0 bridgehead atoms. The lowest BCUT2D eigenvalue weighted by atomic mass is 9.81. The molecule has 0 amide bonds. The van der Waals surface area contributed by atoms with E-state index in [1.54, 1.807) is 0 Å². The number of benzene rings is 1. The quantitative estimate of drug-likeness (QED) is 0.804. The molecule has 0 spiro atoms. The van der Waals surface area contributed by atoms with Crippen LogP contribution in [0.5, 0.6) is 5.75 Å². The Bertz CT molecular complexity index is 407. The normalized spacial score (nSPS) is 15.8. The highest BCUT2D eigenvalue weighted by Crippen LogP contribution is 2.34. The van der Waals surface area contributed by atoms with Crippen LogP contribution < -0.4 is 10.1 Å². The van der Waals surface area contributed by atoms with Crippen LogP contribution in [0.15, 0.2) is 24.3 Å². The third-order valence-electron chi connectivity index (χ3n) is 3.74. The number of hydrogen-bond acceptors (Lipinski definition) is 2. The zero-order valence-corrected chi connectivity index (χ0v) is 12.7. The van der Waals surface area contributed by atoms with Crippen molar-refractivity contribution >= 4 is 0 Å². The van der Waals surface area contributed by atoms with E-state index in [0.29, 0.717) is 0 Å². The van der Waals surface area contributed by atoms with Gasteiger partial charge in [0.1, 0.15) is 5.75 Å². The fraction of sp³-hybridized carbons (Fsp3) is 0.647. The van der Waals surface area contributed by atoms with Gasteiger partial charge in [0.25, 0.3) is 0 Å². The first-order valence-corrected chi connectivity index (χ1v) is 7.48. The van der Waals surface area contributed by atoms with Gasteiger partial charge < -0.3 is 10.1 Å². The fourth-order valence-electron chi connectivity index (χ4n) is 2.39. The molecule has 0 atom stereocenters. The Balaban J connectivity index is 2.04. The average Bonchev–Trinajstić information content (AvgIpc) is 3.12. The second kappa shape index (κ2) is 5.96. The van der Waals surface area contributed by atoms with Crippen molar-refractivity contribution in [2.45, 2.75) is 64.5 Å². The van der Waals surface area contributed by atoms with Crippen molar-refractivity contribution in [2.24, 2.45) is 0 Å². The van der Waals surface area contributed by atoms with Crippen molar-refractivity contribution in [2.75, 3.05) is 6.54 Å². The average molecular weight is 261 g/mol. The SMILES string of the molecule is CC(C)Oc1ccccc1C(C)(C)CCNC1CC1. The summed E-state index contributed by atoms with van der Waals surface area (Å²) < 4.78 is 5.95. The third kappa shape index (κ3) is 4.24. The lowest BCUT2D eigenvalue weighted by Gasteiger charge is -2.28. The van der Waals surface area contributed by atoms with Gasteiger partial charge in [-0.2, -0.15) is 0 Å². The van der Waals surface area contributed by atoms with Gasteiger partial charge in [0, 0.05) is 6.04 Å². The van der Waals surface area contributed by atoms with Gasteiger partial charge >= 0.3 is 0 Å². The van der Waals surface area contributed by atoms with E-state index >= 15 is 0 Å². The summed E-state index contributed by atoms with van der Waals surface area (Å²) in [6, 6.07) is 9.25. The van der Waals surface area contributed by atoms with E-state index in [4.69, 9.17) is 4.74 Å². The lowest BCUT2D eigenvalue weighted by molar-refractivity contribution is 0.235. The van der Waals surface area contributed by atoms with Crippen LogP contribution in [-0.2, 0) is 5.41 Å². The van der Waals surface area contributed by atoms with Gasteiger partial charge in [-0.3, -0.25) is 0 Å². The highest BCUT2D eigenvalue weighted by Gasteiger charge is 2.26. The van der Waals surface area contributed by atoms with Crippen molar-refractivity contribution in [3.05, 3.63) is 29.8 Å².